The van der Waals surface area contributed by atoms with Crippen LogP contribution in [0.2, 0.25) is 0 Å². The van der Waals surface area contributed by atoms with Crippen LogP contribution in [-0.2, 0) is 14.3 Å². The van der Waals surface area contributed by atoms with E-state index in [1.807, 2.05) is 13.0 Å². The average Bonchev–Trinajstić information content (AvgIpc) is 2.37. The van der Waals surface area contributed by atoms with Crippen LogP contribution in [0.15, 0.2) is 36.1 Å². The van der Waals surface area contributed by atoms with E-state index < -0.39 is 5.97 Å². The lowest BCUT2D eigenvalue weighted by Gasteiger charge is -2.09. The molecule has 0 aliphatic rings. The molecule has 0 saturated carbocycles. The summed E-state index contributed by atoms with van der Waals surface area (Å²) in [4.78, 5) is 10.8. The van der Waals surface area contributed by atoms with Gasteiger partial charge in [0.25, 0.3) is 0 Å². The summed E-state index contributed by atoms with van der Waals surface area (Å²) < 4.78 is 9.80. The second kappa shape index (κ2) is 9.36. The molecular weight excluding hydrogens is 256 g/mol. The SMILES string of the molecule is CCCl.COC(C(=O)O)=C(OC)c1ccccc1. The van der Waals surface area contributed by atoms with Gasteiger partial charge in [0.1, 0.15) is 0 Å². The van der Waals surface area contributed by atoms with Gasteiger partial charge in [-0.2, -0.15) is 0 Å². The predicted molar refractivity (Wildman–Crippen MR) is 71.4 cm³/mol. The van der Waals surface area contributed by atoms with Crippen molar-refractivity contribution in [3.8, 4) is 0 Å². The van der Waals surface area contributed by atoms with Crippen LogP contribution in [-0.4, -0.2) is 31.2 Å². The van der Waals surface area contributed by atoms with E-state index >= 15 is 0 Å². The molecule has 0 bridgehead atoms. The molecule has 0 radical (unpaired) electrons. The summed E-state index contributed by atoms with van der Waals surface area (Å²) in [6.45, 7) is 1.89. The van der Waals surface area contributed by atoms with Crippen molar-refractivity contribution in [2.75, 3.05) is 20.1 Å². The summed E-state index contributed by atoms with van der Waals surface area (Å²) in [5.74, 6) is -0.424. The number of rotatable bonds is 4. The molecule has 5 heteroatoms. The van der Waals surface area contributed by atoms with Gasteiger partial charge in [-0.05, 0) is 0 Å². The van der Waals surface area contributed by atoms with E-state index in [1.54, 1.807) is 24.3 Å². The largest absolute Gasteiger partial charge is 0.492 e. The van der Waals surface area contributed by atoms with Crippen LogP contribution in [0.3, 0.4) is 0 Å². The molecule has 1 N–H and O–H groups in total. The van der Waals surface area contributed by atoms with Gasteiger partial charge in [-0.25, -0.2) is 4.79 Å². The monoisotopic (exact) mass is 272 g/mol. The summed E-state index contributed by atoms with van der Waals surface area (Å²) in [6.07, 6.45) is 0. The molecule has 0 amide bonds. The number of ether oxygens (including phenoxy) is 2. The molecular formula is C13H17ClO4. The van der Waals surface area contributed by atoms with Crippen molar-refractivity contribution < 1.29 is 19.4 Å². The van der Waals surface area contributed by atoms with Crippen molar-refractivity contribution >= 4 is 23.3 Å². The zero-order valence-corrected chi connectivity index (χ0v) is 11.4. The molecule has 0 aliphatic heterocycles. The molecule has 0 unspecified atom stereocenters. The topological polar surface area (TPSA) is 55.8 Å². The molecule has 0 fully saturated rings. The van der Waals surface area contributed by atoms with Crippen molar-refractivity contribution in [3.05, 3.63) is 41.7 Å². The first-order valence-electron chi connectivity index (χ1n) is 5.29. The Morgan fingerprint density at radius 3 is 2.06 bits per heavy atom. The molecule has 100 valence electrons. The minimum absolute atomic E-state index is 0.205. The van der Waals surface area contributed by atoms with Gasteiger partial charge in [0.2, 0.25) is 5.76 Å². The zero-order valence-electron chi connectivity index (χ0n) is 10.6. The number of hydrogen-bond acceptors (Lipinski definition) is 3. The fourth-order valence-electron chi connectivity index (χ4n) is 1.21. The third-order valence-corrected chi connectivity index (χ3v) is 1.84. The fraction of sp³-hybridized carbons (Fsp3) is 0.308. The van der Waals surface area contributed by atoms with Crippen molar-refractivity contribution in [2.45, 2.75) is 6.92 Å². The Bertz CT molecular complexity index is 387. The molecule has 4 nitrogen and oxygen atoms in total. The van der Waals surface area contributed by atoms with Gasteiger partial charge in [-0.1, -0.05) is 37.3 Å². The van der Waals surface area contributed by atoms with E-state index in [0.717, 1.165) is 5.88 Å². The second-order valence-electron chi connectivity index (χ2n) is 3.00. The Kier molecular flexibility index (Phi) is 8.49. The number of benzene rings is 1. The Morgan fingerprint density at radius 1 is 1.22 bits per heavy atom. The Morgan fingerprint density at radius 2 is 1.72 bits per heavy atom. The third-order valence-electron chi connectivity index (χ3n) is 1.84. The molecule has 0 atom stereocenters. The van der Waals surface area contributed by atoms with Gasteiger partial charge in [-0.15, -0.1) is 11.6 Å². The summed E-state index contributed by atoms with van der Waals surface area (Å²) in [6, 6.07) is 8.93. The number of aliphatic carboxylic acids is 1. The smallest absolute Gasteiger partial charge is 0.375 e. The highest BCUT2D eigenvalue weighted by molar-refractivity contribution is 6.17. The van der Waals surface area contributed by atoms with Crippen molar-refractivity contribution in [1.82, 2.24) is 0 Å². The molecule has 18 heavy (non-hydrogen) atoms. The minimum Gasteiger partial charge on any atom is -0.492 e. The average molecular weight is 273 g/mol. The summed E-state index contributed by atoms with van der Waals surface area (Å²) in [7, 11) is 2.70. The standard InChI is InChI=1S/C11H12O4.C2H5Cl/c1-14-9(10(15-2)11(12)13)8-6-4-3-5-7-8;1-2-3/h3-7H,1-2H3,(H,12,13);2H2,1H3. The van der Waals surface area contributed by atoms with Gasteiger partial charge in [-0.3, -0.25) is 0 Å². The summed E-state index contributed by atoms with van der Waals surface area (Å²) in [5, 5.41) is 8.87. The predicted octanol–water partition coefficient (Wildman–Crippen LogP) is 2.98. The zero-order chi connectivity index (χ0) is 14.0. The first-order chi connectivity index (χ1) is 8.62. The van der Waals surface area contributed by atoms with E-state index in [0.29, 0.717) is 5.56 Å². The maximum Gasteiger partial charge on any atom is 0.375 e. The maximum atomic E-state index is 10.8. The molecule has 0 saturated heterocycles. The van der Waals surface area contributed by atoms with Gasteiger partial charge in [0, 0.05) is 11.4 Å². The maximum absolute atomic E-state index is 10.8. The quantitative estimate of drug-likeness (QED) is 0.520. The lowest BCUT2D eigenvalue weighted by molar-refractivity contribution is -0.136. The van der Waals surface area contributed by atoms with Crippen LogP contribution in [0.25, 0.3) is 5.76 Å². The Labute approximate surface area is 112 Å². The number of hydrogen-bond donors (Lipinski definition) is 1. The van der Waals surface area contributed by atoms with E-state index in [9.17, 15) is 4.79 Å². The lowest BCUT2D eigenvalue weighted by Crippen LogP contribution is -2.07. The van der Waals surface area contributed by atoms with Crippen molar-refractivity contribution in [3.63, 3.8) is 0 Å². The molecule has 0 heterocycles. The number of halogens is 1. The van der Waals surface area contributed by atoms with Crippen LogP contribution >= 0.6 is 11.6 Å². The summed E-state index contributed by atoms with van der Waals surface area (Å²) >= 11 is 5.00. The Hall–Kier alpha value is -1.68. The van der Waals surface area contributed by atoms with E-state index in [-0.39, 0.29) is 11.5 Å². The first kappa shape index (κ1) is 16.3. The van der Waals surface area contributed by atoms with Gasteiger partial charge in [0.05, 0.1) is 14.2 Å². The van der Waals surface area contributed by atoms with Crippen molar-refractivity contribution in [1.29, 1.82) is 0 Å². The van der Waals surface area contributed by atoms with Crippen LogP contribution < -0.4 is 0 Å². The number of alkyl halides is 1. The molecule has 1 aromatic rings. The molecule has 1 aromatic carbocycles. The molecule has 0 aromatic heterocycles. The number of carboxylic acid groups (broad SMARTS) is 1. The van der Waals surface area contributed by atoms with Gasteiger partial charge in [0.15, 0.2) is 5.76 Å². The van der Waals surface area contributed by atoms with Crippen LogP contribution in [0, 0.1) is 0 Å². The van der Waals surface area contributed by atoms with Crippen molar-refractivity contribution in [2.24, 2.45) is 0 Å². The summed E-state index contributed by atoms with van der Waals surface area (Å²) in [5.41, 5.74) is 0.666. The van der Waals surface area contributed by atoms with Crippen LogP contribution in [0.1, 0.15) is 12.5 Å². The highest BCUT2D eigenvalue weighted by Gasteiger charge is 2.17. The minimum atomic E-state index is -1.15. The highest BCUT2D eigenvalue weighted by Crippen LogP contribution is 2.19. The lowest BCUT2D eigenvalue weighted by atomic mass is 10.1. The van der Waals surface area contributed by atoms with E-state index in [1.165, 1.54) is 14.2 Å². The molecule has 1 rings (SSSR count). The van der Waals surface area contributed by atoms with Gasteiger partial charge >= 0.3 is 5.97 Å². The van der Waals surface area contributed by atoms with Gasteiger partial charge < -0.3 is 14.6 Å². The third kappa shape index (κ3) is 5.10. The highest BCUT2D eigenvalue weighted by atomic mass is 35.5. The van der Waals surface area contributed by atoms with E-state index in [2.05, 4.69) is 0 Å². The number of methoxy groups -OCH3 is 2. The molecule has 0 aliphatic carbocycles. The fourth-order valence-corrected chi connectivity index (χ4v) is 1.21. The molecule has 0 spiro atoms. The normalized spacial score (nSPS) is 10.7. The number of carbonyl (C=O) groups is 1. The first-order valence-corrected chi connectivity index (χ1v) is 5.82. The van der Waals surface area contributed by atoms with Crippen LogP contribution in [0.4, 0.5) is 0 Å². The Balaban J connectivity index is 0.000000873. The second-order valence-corrected chi connectivity index (χ2v) is 3.54. The number of carboxylic acids is 1. The van der Waals surface area contributed by atoms with Crippen LogP contribution in [0.5, 0.6) is 0 Å². The van der Waals surface area contributed by atoms with E-state index in [4.69, 9.17) is 26.2 Å².